The average Bonchev–Trinajstić information content (AvgIpc) is 3.69. The maximum absolute atomic E-state index is 13.8. The molecule has 0 aliphatic heterocycles. The summed E-state index contributed by atoms with van der Waals surface area (Å²) in [6.07, 6.45) is 6.22. The normalized spacial score (nSPS) is 15.0. The molecule has 0 atom stereocenters. The Morgan fingerprint density at radius 2 is 1.95 bits per heavy atom. The molecule has 200 valence electrons. The van der Waals surface area contributed by atoms with Gasteiger partial charge in [-0.1, -0.05) is 36.7 Å². The van der Waals surface area contributed by atoms with Crippen LogP contribution in [0.5, 0.6) is 0 Å². The van der Waals surface area contributed by atoms with E-state index >= 15 is 0 Å². The first kappa shape index (κ1) is 25.5. The second kappa shape index (κ2) is 10.4. The molecule has 1 aliphatic carbocycles. The first-order valence-corrected chi connectivity index (χ1v) is 14.6. The number of anilines is 1. The van der Waals surface area contributed by atoms with Gasteiger partial charge in [0, 0.05) is 23.7 Å². The highest BCUT2D eigenvalue weighted by atomic mass is 32.1. The van der Waals surface area contributed by atoms with Crippen molar-refractivity contribution in [3.8, 4) is 11.3 Å². The average molecular weight is 561 g/mol. The lowest BCUT2D eigenvalue weighted by molar-refractivity contribution is 0.0753. The number of thiophene rings is 1. The number of thiazole rings is 1. The quantitative estimate of drug-likeness (QED) is 0.230. The molecule has 0 bridgehead atoms. The van der Waals surface area contributed by atoms with Crippen molar-refractivity contribution in [2.45, 2.75) is 44.2 Å². The van der Waals surface area contributed by atoms with Crippen LogP contribution in [-0.2, 0) is 6.54 Å². The van der Waals surface area contributed by atoms with Crippen molar-refractivity contribution in [3.63, 3.8) is 0 Å². The smallest absolute Gasteiger partial charge is 0.271 e. The summed E-state index contributed by atoms with van der Waals surface area (Å²) in [6, 6.07) is 11.1. The highest BCUT2D eigenvalue weighted by Gasteiger charge is 2.35. The predicted octanol–water partition coefficient (Wildman–Crippen LogP) is 4.61. The van der Waals surface area contributed by atoms with Crippen LogP contribution in [0.25, 0.3) is 27.1 Å². The lowest BCUT2D eigenvalue weighted by Gasteiger charge is -2.36. The van der Waals surface area contributed by atoms with Crippen LogP contribution in [0.4, 0.5) is 5.13 Å². The summed E-state index contributed by atoms with van der Waals surface area (Å²) in [4.78, 5) is 36.2. The molecule has 1 fully saturated rings. The molecule has 1 aromatic carbocycles. The zero-order chi connectivity index (χ0) is 27.0. The van der Waals surface area contributed by atoms with Gasteiger partial charge in [-0.15, -0.1) is 0 Å². The Hall–Kier alpha value is -3.80. The molecule has 11 heteroatoms. The standard InChI is InChI=1S/C28H28N6O3S2/c29-27-31-20-7-6-17(13-21(20)39-27)14-30-25(36)19-5-4-11-34-23(22(32-24(19)34)18-8-12-38-15-18)26(37)33-28(16-35)9-2-1-3-10-28/h4-8,11-13,15,35H,1-3,9-10,14,16H2,(H2,29,31)(H,30,36)(H,33,37). The largest absolute Gasteiger partial charge is 0.394 e. The zero-order valence-electron chi connectivity index (χ0n) is 21.1. The third kappa shape index (κ3) is 4.88. The number of benzene rings is 1. The van der Waals surface area contributed by atoms with Gasteiger partial charge in [-0.2, -0.15) is 11.3 Å². The lowest BCUT2D eigenvalue weighted by atomic mass is 9.82. The van der Waals surface area contributed by atoms with Gasteiger partial charge in [-0.05, 0) is 54.1 Å². The summed E-state index contributed by atoms with van der Waals surface area (Å²) in [6.45, 7) is 0.203. The lowest BCUT2D eigenvalue weighted by Crippen LogP contribution is -2.52. The van der Waals surface area contributed by atoms with Gasteiger partial charge in [0.05, 0.1) is 27.9 Å². The molecular weight excluding hydrogens is 532 g/mol. The first-order valence-electron chi connectivity index (χ1n) is 12.9. The van der Waals surface area contributed by atoms with E-state index in [9.17, 15) is 14.7 Å². The molecule has 0 radical (unpaired) electrons. The van der Waals surface area contributed by atoms with E-state index in [0.29, 0.717) is 34.3 Å². The van der Waals surface area contributed by atoms with E-state index in [1.165, 1.54) is 22.7 Å². The number of carbonyl (C=O) groups excluding carboxylic acids is 2. The highest BCUT2D eigenvalue weighted by Crippen LogP contribution is 2.31. The second-order valence-electron chi connectivity index (χ2n) is 9.93. The number of nitrogens with zero attached hydrogens (tertiary/aromatic N) is 3. The molecule has 2 amide bonds. The molecule has 6 rings (SSSR count). The molecule has 5 N–H and O–H groups in total. The topological polar surface area (TPSA) is 135 Å². The van der Waals surface area contributed by atoms with Gasteiger partial charge in [0.2, 0.25) is 0 Å². The van der Waals surface area contributed by atoms with Crippen molar-refractivity contribution in [3.05, 3.63) is 70.2 Å². The van der Waals surface area contributed by atoms with Crippen molar-refractivity contribution < 1.29 is 14.7 Å². The van der Waals surface area contributed by atoms with Crippen molar-refractivity contribution >= 4 is 55.5 Å². The Balaban J connectivity index is 1.33. The Labute approximate surface area is 232 Å². The molecule has 39 heavy (non-hydrogen) atoms. The molecule has 9 nitrogen and oxygen atoms in total. The number of nitrogens with two attached hydrogens (primary N) is 1. The van der Waals surface area contributed by atoms with Gasteiger partial charge in [0.15, 0.2) is 10.8 Å². The molecule has 5 aromatic rings. The summed E-state index contributed by atoms with van der Waals surface area (Å²) < 4.78 is 2.64. The van der Waals surface area contributed by atoms with Gasteiger partial charge >= 0.3 is 0 Å². The van der Waals surface area contributed by atoms with Crippen molar-refractivity contribution in [1.82, 2.24) is 25.0 Å². The van der Waals surface area contributed by atoms with Crippen LogP contribution in [0.1, 0.15) is 58.5 Å². The minimum absolute atomic E-state index is 0.114. The van der Waals surface area contributed by atoms with E-state index in [-0.39, 0.29) is 18.4 Å². The molecule has 0 spiro atoms. The van der Waals surface area contributed by atoms with E-state index in [4.69, 9.17) is 10.7 Å². The van der Waals surface area contributed by atoms with E-state index in [1.54, 1.807) is 22.7 Å². The minimum atomic E-state index is -0.649. The first-order chi connectivity index (χ1) is 19.0. The van der Waals surface area contributed by atoms with Crippen molar-refractivity contribution in [2.75, 3.05) is 12.3 Å². The van der Waals surface area contributed by atoms with E-state index in [0.717, 1.165) is 53.4 Å². The van der Waals surface area contributed by atoms with Crippen LogP contribution >= 0.6 is 22.7 Å². The Morgan fingerprint density at radius 1 is 1.10 bits per heavy atom. The summed E-state index contributed by atoms with van der Waals surface area (Å²) >= 11 is 2.92. The number of fused-ring (bicyclic) bond motifs is 2. The Morgan fingerprint density at radius 3 is 2.72 bits per heavy atom. The van der Waals surface area contributed by atoms with Crippen LogP contribution in [0.2, 0.25) is 0 Å². The number of aliphatic hydroxyl groups is 1. The van der Waals surface area contributed by atoms with Gasteiger partial charge in [0.25, 0.3) is 11.8 Å². The van der Waals surface area contributed by atoms with Crippen LogP contribution in [0, 0.1) is 0 Å². The van der Waals surface area contributed by atoms with Crippen molar-refractivity contribution in [1.29, 1.82) is 0 Å². The highest BCUT2D eigenvalue weighted by molar-refractivity contribution is 7.22. The van der Waals surface area contributed by atoms with Crippen LogP contribution in [-0.4, -0.2) is 43.4 Å². The molecule has 0 saturated heterocycles. The van der Waals surface area contributed by atoms with E-state index < -0.39 is 5.54 Å². The maximum atomic E-state index is 13.8. The molecule has 1 aliphatic rings. The van der Waals surface area contributed by atoms with E-state index in [1.807, 2.05) is 35.0 Å². The second-order valence-corrected chi connectivity index (χ2v) is 11.8. The Kier molecular flexibility index (Phi) is 6.79. The number of carbonyl (C=O) groups is 2. The number of rotatable bonds is 7. The third-order valence-corrected chi connectivity index (χ3v) is 8.85. The number of amides is 2. The number of nitrogen functional groups attached to an aromatic ring is 1. The van der Waals surface area contributed by atoms with Gasteiger partial charge in [-0.25, -0.2) is 9.97 Å². The van der Waals surface area contributed by atoms with Gasteiger partial charge in [-0.3, -0.25) is 14.0 Å². The fourth-order valence-electron chi connectivity index (χ4n) is 5.29. The predicted molar refractivity (Wildman–Crippen MR) is 154 cm³/mol. The summed E-state index contributed by atoms with van der Waals surface area (Å²) in [7, 11) is 0. The summed E-state index contributed by atoms with van der Waals surface area (Å²) in [5.41, 5.74) is 9.35. The third-order valence-electron chi connectivity index (χ3n) is 7.32. The van der Waals surface area contributed by atoms with Crippen LogP contribution in [0.15, 0.2) is 53.4 Å². The SMILES string of the molecule is Nc1nc2ccc(CNC(=O)c3cccn4c(C(=O)NC5(CO)CCCCC5)c(-c5ccsc5)nc34)cc2s1. The molecule has 1 saturated carbocycles. The minimum Gasteiger partial charge on any atom is -0.394 e. The number of pyridine rings is 1. The molecular formula is C28H28N6O3S2. The maximum Gasteiger partial charge on any atom is 0.271 e. The summed E-state index contributed by atoms with van der Waals surface area (Å²) in [5, 5.41) is 20.7. The number of aromatic nitrogens is 3. The monoisotopic (exact) mass is 560 g/mol. The van der Waals surface area contributed by atoms with Crippen LogP contribution < -0.4 is 16.4 Å². The zero-order valence-corrected chi connectivity index (χ0v) is 22.8. The number of hydrogen-bond acceptors (Lipinski definition) is 8. The number of aliphatic hydroxyl groups excluding tert-OH is 1. The fraction of sp³-hybridized carbons (Fsp3) is 0.286. The van der Waals surface area contributed by atoms with E-state index in [2.05, 4.69) is 15.6 Å². The Bertz CT molecular complexity index is 1670. The van der Waals surface area contributed by atoms with Crippen molar-refractivity contribution in [2.24, 2.45) is 0 Å². The van der Waals surface area contributed by atoms with Gasteiger partial charge < -0.3 is 21.5 Å². The number of hydrogen-bond donors (Lipinski definition) is 4. The van der Waals surface area contributed by atoms with Crippen LogP contribution in [0.3, 0.4) is 0 Å². The molecule has 0 unspecified atom stereocenters. The number of imidazole rings is 1. The number of nitrogens with one attached hydrogen (secondary N) is 2. The fourth-order valence-corrected chi connectivity index (χ4v) is 6.73. The molecule has 4 heterocycles. The molecule has 4 aromatic heterocycles. The van der Waals surface area contributed by atoms with Gasteiger partial charge in [0.1, 0.15) is 11.4 Å². The summed E-state index contributed by atoms with van der Waals surface area (Å²) in [5.74, 6) is -0.605.